The van der Waals surface area contributed by atoms with E-state index in [2.05, 4.69) is 26.1 Å². The van der Waals surface area contributed by atoms with E-state index in [0.29, 0.717) is 71.8 Å². The summed E-state index contributed by atoms with van der Waals surface area (Å²) in [4.78, 5) is 30.8. The summed E-state index contributed by atoms with van der Waals surface area (Å²) in [7, 11) is 0. The molecule has 14 heteroatoms. The Morgan fingerprint density at radius 1 is 1.17 bits per heavy atom. The normalized spacial score (nSPS) is 33.7. The first-order valence-corrected chi connectivity index (χ1v) is 20.1. The van der Waals surface area contributed by atoms with Gasteiger partial charge in [-0.1, -0.05) is 18.5 Å². The van der Waals surface area contributed by atoms with Gasteiger partial charge in [0.05, 0.1) is 11.1 Å². The average Bonchev–Trinajstić information content (AvgIpc) is 3.99. The summed E-state index contributed by atoms with van der Waals surface area (Å²) >= 11 is 8.53. The van der Waals surface area contributed by atoms with E-state index in [0.717, 1.165) is 55.5 Å². The Bertz CT molecular complexity index is 2040. The summed E-state index contributed by atoms with van der Waals surface area (Å²) in [5, 5.41) is 14.7. The van der Waals surface area contributed by atoms with E-state index in [1.165, 1.54) is 24.2 Å². The molecule has 5 saturated heterocycles. The van der Waals surface area contributed by atoms with Gasteiger partial charge in [0.2, 0.25) is 5.91 Å². The zero-order valence-electron chi connectivity index (χ0n) is 29.3. The molecule has 1 unspecified atom stereocenters. The predicted octanol–water partition coefficient (Wildman–Crippen LogP) is 5.47. The summed E-state index contributed by atoms with van der Waals surface area (Å²) in [6.07, 6.45) is 7.62. The standard InChI is InChI=1S/C38H43ClF2N8O2S/c1-37(9-2-4-26-27(37)24(14-42)33(43)52-26)28-25(39)12-23-31(29(28)41)45-36(51-18-38-10-3-11-48(38)15-20(40)13-38)46-34(23)47-16-21-7-8-22(17-47)49(21)35(50)32-30(44-32)19-5-6-19/h12,19-22,30,32,44H,2-11,13,15-18,43H2,1H3/t20-,21-,22+,30-,32+,37?,38+/m1/s1. The number of hydrogen-bond donors (Lipinski definition) is 2. The van der Waals surface area contributed by atoms with E-state index in [9.17, 15) is 14.4 Å². The lowest BCUT2D eigenvalue weighted by Gasteiger charge is -2.42. The Balaban J connectivity index is 1.05. The van der Waals surface area contributed by atoms with E-state index in [1.807, 2.05) is 6.92 Å². The summed E-state index contributed by atoms with van der Waals surface area (Å²) in [5.41, 5.74) is 6.52. The summed E-state index contributed by atoms with van der Waals surface area (Å²) in [5.74, 6) is 0.797. The molecule has 5 aliphatic heterocycles. The van der Waals surface area contributed by atoms with Crippen LogP contribution in [-0.2, 0) is 16.6 Å². The molecule has 7 atom stereocenters. The number of nitrogens with one attached hydrogen (secondary N) is 1. The highest BCUT2D eigenvalue weighted by Gasteiger charge is 2.56. The zero-order chi connectivity index (χ0) is 35.7. The predicted molar refractivity (Wildman–Crippen MR) is 195 cm³/mol. The van der Waals surface area contributed by atoms with Crippen molar-refractivity contribution in [3.8, 4) is 12.1 Å². The van der Waals surface area contributed by atoms with Gasteiger partial charge in [0.25, 0.3) is 0 Å². The van der Waals surface area contributed by atoms with Crippen LogP contribution in [0.15, 0.2) is 6.07 Å². The van der Waals surface area contributed by atoms with Crippen LogP contribution in [-0.4, -0.2) is 94.3 Å². The molecule has 1 amide bonds. The van der Waals surface area contributed by atoms with Crippen molar-refractivity contribution in [1.82, 2.24) is 25.1 Å². The van der Waals surface area contributed by atoms with Crippen molar-refractivity contribution in [2.45, 2.75) is 112 Å². The Morgan fingerprint density at radius 3 is 2.71 bits per heavy atom. The third kappa shape index (κ3) is 5.00. The molecule has 0 spiro atoms. The number of rotatable bonds is 7. The van der Waals surface area contributed by atoms with Crippen LogP contribution in [0.2, 0.25) is 5.02 Å². The lowest BCUT2D eigenvalue weighted by molar-refractivity contribution is -0.134. The smallest absolute Gasteiger partial charge is 0.319 e. The molecule has 7 heterocycles. The molecule has 0 radical (unpaired) electrons. The van der Waals surface area contributed by atoms with Crippen LogP contribution < -0.4 is 20.7 Å². The van der Waals surface area contributed by atoms with Gasteiger partial charge in [-0.3, -0.25) is 15.0 Å². The number of nitrogens with two attached hydrogens (primary N) is 1. The number of piperazine rings is 1. The van der Waals surface area contributed by atoms with Gasteiger partial charge in [-0.25, -0.2) is 8.78 Å². The second kappa shape index (κ2) is 11.8. The maximum Gasteiger partial charge on any atom is 0.319 e. The highest BCUT2D eigenvalue weighted by Crippen LogP contribution is 2.52. The molecule has 52 heavy (non-hydrogen) atoms. The summed E-state index contributed by atoms with van der Waals surface area (Å²) in [6.45, 7) is 4.49. The minimum absolute atomic E-state index is 0.0152. The molecule has 1 aromatic carbocycles. The monoisotopic (exact) mass is 748 g/mol. The maximum absolute atomic E-state index is 17.5. The number of hydrogen-bond acceptors (Lipinski definition) is 10. The third-order valence-corrected chi connectivity index (χ3v) is 14.8. The number of alkyl halides is 1. The van der Waals surface area contributed by atoms with Crippen molar-refractivity contribution in [3.63, 3.8) is 0 Å². The Kier molecular flexibility index (Phi) is 7.58. The lowest BCUT2D eigenvalue weighted by Crippen LogP contribution is -2.57. The average molecular weight is 749 g/mol. The van der Waals surface area contributed by atoms with Crippen LogP contribution in [0.5, 0.6) is 6.01 Å². The second-order valence-corrected chi connectivity index (χ2v) is 18.2. The molecule has 2 aliphatic carbocycles. The molecule has 6 fully saturated rings. The fourth-order valence-electron chi connectivity index (χ4n) is 10.8. The van der Waals surface area contributed by atoms with Gasteiger partial charge in [0.1, 0.15) is 41.2 Å². The molecular formula is C38H43ClF2N8O2S. The van der Waals surface area contributed by atoms with Gasteiger partial charge in [-0.2, -0.15) is 15.2 Å². The molecule has 1 saturated carbocycles. The number of aromatic nitrogens is 2. The Morgan fingerprint density at radius 2 is 1.96 bits per heavy atom. The van der Waals surface area contributed by atoms with Crippen LogP contribution in [0.4, 0.5) is 19.6 Å². The lowest BCUT2D eigenvalue weighted by atomic mass is 9.68. The first-order valence-electron chi connectivity index (χ1n) is 19.0. The van der Waals surface area contributed by atoms with Crippen molar-refractivity contribution in [2.24, 2.45) is 5.92 Å². The highest BCUT2D eigenvalue weighted by atomic mass is 35.5. The number of carbonyl (C=O) groups excluding carboxylic acids is 1. The number of nitrogen functional groups attached to an aromatic ring is 1. The Labute approximate surface area is 310 Å². The van der Waals surface area contributed by atoms with E-state index >= 15 is 4.39 Å². The van der Waals surface area contributed by atoms with Gasteiger partial charge in [-0.05, 0) is 81.9 Å². The van der Waals surface area contributed by atoms with Gasteiger partial charge in [-0.15, -0.1) is 11.3 Å². The van der Waals surface area contributed by atoms with Crippen LogP contribution >= 0.6 is 22.9 Å². The molecule has 3 N–H and O–H groups in total. The van der Waals surface area contributed by atoms with Crippen molar-refractivity contribution in [2.75, 3.05) is 43.4 Å². The maximum atomic E-state index is 17.5. The van der Waals surface area contributed by atoms with Crippen molar-refractivity contribution in [3.05, 3.63) is 38.5 Å². The quantitative estimate of drug-likeness (QED) is 0.302. The van der Waals surface area contributed by atoms with Crippen LogP contribution in [0.3, 0.4) is 0 Å². The van der Waals surface area contributed by atoms with Crippen molar-refractivity contribution in [1.29, 1.82) is 5.26 Å². The topological polar surface area (TPSA) is 134 Å². The van der Waals surface area contributed by atoms with E-state index < -0.39 is 22.9 Å². The molecule has 10 nitrogen and oxygen atoms in total. The third-order valence-electron chi connectivity index (χ3n) is 13.4. The SMILES string of the molecule is CC1(c2c(Cl)cc3c(N4C[C@H]5CC[C@@H](C4)N5C(=O)[C@H]4N[C@@H]4C4CC4)nc(OC[C@@]45CCCN4C[C@H](F)C5)nc3c2F)CCCc2sc(N)c(C#N)c21. The summed E-state index contributed by atoms with van der Waals surface area (Å²) in [6, 6.07) is 4.36. The molecule has 2 aromatic heterocycles. The number of thiophene rings is 1. The molecule has 7 aliphatic rings. The van der Waals surface area contributed by atoms with E-state index in [-0.39, 0.29) is 47.2 Å². The molecule has 10 rings (SSSR count). The van der Waals surface area contributed by atoms with Crippen molar-refractivity contribution >= 4 is 50.6 Å². The van der Waals surface area contributed by atoms with Gasteiger partial charge in [0.15, 0.2) is 5.82 Å². The first kappa shape index (κ1) is 33.3. The largest absolute Gasteiger partial charge is 0.461 e. The number of halogens is 3. The van der Waals surface area contributed by atoms with Crippen LogP contribution in [0, 0.1) is 23.1 Å². The number of amides is 1. The minimum atomic E-state index is -0.912. The molecule has 3 aromatic rings. The minimum Gasteiger partial charge on any atom is -0.461 e. The van der Waals surface area contributed by atoms with E-state index in [1.54, 1.807) is 6.07 Å². The van der Waals surface area contributed by atoms with Gasteiger partial charge < -0.3 is 20.3 Å². The number of aryl methyl sites for hydroxylation is 1. The fourth-order valence-corrected chi connectivity index (χ4v) is 12.4. The second-order valence-electron chi connectivity index (χ2n) is 16.6. The zero-order valence-corrected chi connectivity index (χ0v) is 30.8. The first-order chi connectivity index (χ1) is 25.1. The molecular weight excluding hydrogens is 706 g/mol. The Hall–Kier alpha value is -3.31. The number of carbonyl (C=O) groups is 1. The van der Waals surface area contributed by atoms with Gasteiger partial charge >= 0.3 is 6.01 Å². The number of fused-ring (bicyclic) bond motifs is 5. The summed E-state index contributed by atoms with van der Waals surface area (Å²) < 4.78 is 38.6. The fraction of sp³-hybridized carbons (Fsp3) is 0.632. The number of anilines is 2. The number of benzene rings is 1. The van der Waals surface area contributed by atoms with Crippen molar-refractivity contribution < 1.29 is 18.3 Å². The number of ether oxygens (including phenoxy) is 1. The molecule has 2 bridgehead atoms. The van der Waals surface area contributed by atoms with Gasteiger partial charge in [0, 0.05) is 70.4 Å². The number of nitriles is 1. The number of nitrogens with zero attached hydrogens (tertiary/aromatic N) is 6. The highest BCUT2D eigenvalue weighted by molar-refractivity contribution is 7.16. The molecule has 274 valence electrons. The van der Waals surface area contributed by atoms with Crippen LogP contribution in [0.25, 0.3) is 10.9 Å². The van der Waals surface area contributed by atoms with E-state index in [4.69, 9.17) is 32.0 Å². The van der Waals surface area contributed by atoms with Crippen LogP contribution in [0.1, 0.15) is 86.3 Å².